The van der Waals surface area contributed by atoms with E-state index in [0.29, 0.717) is 18.1 Å². The van der Waals surface area contributed by atoms with E-state index < -0.39 is 12.0 Å². The molecule has 1 aromatic heterocycles. The molecule has 134 valence electrons. The molecule has 0 spiro atoms. The molecule has 1 aromatic rings. The summed E-state index contributed by atoms with van der Waals surface area (Å²) in [6.45, 7) is 7.75. The van der Waals surface area contributed by atoms with Crippen LogP contribution in [-0.4, -0.2) is 76.7 Å². The van der Waals surface area contributed by atoms with Crippen LogP contribution in [0.2, 0.25) is 0 Å². The number of aromatic nitrogens is 2. The number of rotatable bonds is 8. The maximum atomic E-state index is 11.5. The van der Waals surface area contributed by atoms with Gasteiger partial charge in [-0.15, -0.1) is 0 Å². The molecular formula is C16H27N5O2S. The highest BCUT2D eigenvalue weighted by Gasteiger charge is 2.20. The van der Waals surface area contributed by atoms with Crippen LogP contribution in [0.25, 0.3) is 0 Å². The third-order valence-electron chi connectivity index (χ3n) is 4.03. The zero-order valence-electron chi connectivity index (χ0n) is 14.7. The van der Waals surface area contributed by atoms with Crippen molar-refractivity contribution in [3.8, 4) is 0 Å². The van der Waals surface area contributed by atoms with Crippen LogP contribution in [0.4, 0.5) is 11.6 Å². The first-order valence-electron chi connectivity index (χ1n) is 8.36. The van der Waals surface area contributed by atoms with Crippen molar-refractivity contribution in [3.05, 3.63) is 11.9 Å². The highest BCUT2D eigenvalue weighted by Crippen LogP contribution is 2.19. The monoisotopic (exact) mass is 353 g/mol. The topological polar surface area (TPSA) is 81.6 Å². The molecular weight excluding hydrogens is 326 g/mol. The molecule has 8 heteroatoms. The maximum absolute atomic E-state index is 11.5. The van der Waals surface area contributed by atoms with Crippen molar-refractivity contribution < 1.29 is 9.90 Å². The predicted molar refractivity (Wildman–Crippen MR) is 99.1 cm³/mol. The van der Waals surface area contributed by atoms with Gasteiger partial charge >= 0.3 is 5.97 Å². The largest absolute Gasteiger partial charge is 0.480 e. The summed E-state index contributed by atoms with van der Waals surface area (Å²) in [6.07, 6.45) is 0.570. The van der Waals surface area contributed by atoms with E-state index in [1.165, 1.54) is 0 Å². The number of carboxylic acid groups (broad SMARTS) is 1. The molecule has 24 heavy (non-hydrogen) atoms. The number of anilines is 2. The number of hydrogen-bond donors (Lipinski definition) is 2. The van der Waals surface area contributed by atoms with Gasteiger partial charge in [0.15, 0.2) is 0 Å². The van der Waals surface area contributed by atoms with Crippen molar-refractivity contribution in [3.63, 3.8) is 0 Å². The molecule has 1 fully saturated rings. The normalized spacial score (nSPS) is 16.9. The number of nitrogens with zero attached hydrogens (tertiary/aromatic N) is 4. The summed E-state index contributed by atoms with van der Waals surface area (Å²) in [5.74, 6) is 3.07. The molecule has 0 aromatic carbocycles. The molecule has 1 aliphatic heterocycles. The molecule has 0 saturated carbocycles. The van der Waals surface area contributed by atoms with E-state index in [4.69, 9.17) is 0 Å². The third-order valence-corrected chi connectivity index (χ3v) is 4.96. The zero-order valence-corrected chi connectivity index (χ0v) is 15.5. The first-order valence-corrected chi connectivity index (χ1v) is 9.51. The van der Waals surface area contributed by atoms with Gasteiger partial charge in [-0.05, 0) is 31.9 Å². The number of carbonyl (C=O) groups is 1. The van der Waals surface area contributed by atoms with E-state index in [9.17, 15) is 9.90 Å². The van der Waals surface area contributed by atoms with Crippen LogP contribution in [0, 0.1) is 6.92 Å². The number of carboxylic acids is 1. The lowest BCUT2D eigenvalue weighted by atomic mass is 10.2. The Labute approximate surface area is 147 Å². The number of hydrogen-bond acceptors (Lipinski definition) is 7. The van der Waals surface area contributed by atoms with Crippen molar-refractivity contribution in [1.29, 1.82) is 0 Å². The number of thioether (sulfide) groups is 1. The van der Waals surface area contributed by atoms with E-state index in [1.54, 1.807) is 11.8 Å². The molecule has 2 heterocycles. The van der Waals surface area contributed by atoms with Crippen LogP contribution in [0.1, 0.15) is 19.2 Å². The molecule has 0 amide bonds. The summed E-state index contributed by atoms with van der Waals surface area (Å²) in [6, 6.07) is 1.24. The quantitative estimate of drug-likeness (QED) is 0.681. The summed E-state index contributed by atoms with van der Waals surface area (Å²) in [5, 5.41) is 12.5. The summed E-state index contributed by atoms with van der Waals surface area (Å²) < 4.78 is 0. The van der Waals surface area contributed by atoms with Crippen LogP contribution < -0.4 is 10.2 Å². The fourth-order valence-corrected chi connectivity index (χ4v) is 3.30. The van der Waals surface area contributed by atoms with E-state index in [0.717, 1.165) is 43.5 Å². The van der Waals surface area contributed by atoms with Crippen LogP contribution in [0.15, 0.2) is 6.07 Å². The molecule has 1 unspecified atom stereocenters. The van der Waals surface area contributed by atoms with Gasteiger partial charge in [0.1, 0.15) is 23.5 Å². The minimum atomic E-state index is -0.843. The van der Waals surface area contributed by atoms with Gasteiger partial charge < -0.3 is 20.2 Å². The zero-order chi connectivity index (χ0) is 17.5. The summed E-state index contributed by atoms with van der Waals surface area (Å²) in [7, 11) is 2.11. The second-order valence-corrected chi connectivity index (χ2v) is 7.36. The summed E-state index contributed by atoms with van der Waals surface area (Å²) in [5.41, 5.74) is 0. The van der Waals surface area contributed by atoms with Crippen molar-refractivity contribution in [2.75, 3.05) is 54.9 Å². The third kappa shape index (κ3) is 5.52. The van der Waals surface area contributed by atoms with Gasteiger partial charge in [0, 0.05) is 32.2 Å². The molecule has 0 radical (unpaired) electrons. The van der Waals surface area contributed by atoms with Gasteiger partial charge in [0.2, 0.25) is 0 Å². The first-order chi connectivity index (χ1) is 11.5. The second-order valence-electron chi connectivity index (χ2n) is 5.97. The Bertz CT molecular complexity index is 549. The van der Waals surface area contributed by atoms with E-state index in [1.807, 2.05) is 13.0 Å². The van der Waals surface area contributed by atoms with Crippen LogP contribution in [-0.2, 0) is 4.79 Å². The van der Waals surface area contributed by atoms with Crippen molar-refractivity contribution >= 4 is 29.4 Å². The van der Waals surface area contributed by atoms with Crippen LogP contribution >= 0.6 is 11.8 Å². The summed E-state index contributed by atoms with van der Waals surface area (Å²) >= 11 is 1.74. The van der Waals surface area contributed by atoms with E-state index >= 15 is 0 Å². The van der Waals surface area contributed by atoms with Crippen LogP contribution in [0.5, 0.6) is 0 Å². The first kappa shape index (κ1) is 18.8. The van der Waals surface area contributed by atoms with Crippen molar-refractivity contribution in [2.45, 2.75) is 26.3 Å². The number of aliphatic carboxylic acids is 1. The minimum Gasteiger partial charge on any atom is -0.480 e. The average Bonchev–Trinajstić information content (AvgIpc) is 2.54. The number of piperazine rings is 1. The molecule has 0 bridgehead atoms. The van der Waals surface area contributed by atoms with Gasteiger partial charge in [-0.1, -0.05) is 6.92 Å². The van der Waals surface area contributed by atoms with Gasteiger partial charge in [0.25, 0.3) is 0 Å². The fraction of sp³-hybridized carbons (Fsp3) is 0.688. The SMILES string of the molecule is CCSCCC(Nc1cc(N2CCN(C)CC2)nc(C)n1)C(=O)O. The Morgan fingerprint density at radius 3 is 2.71 bits per heavy atom. The molecule has 7 nitrogen and oxygen atoms in total. The van der Waals surface area contributed by atoms with Gasteiger partial charge in [-0.3, -0.25) is 0 Å². The highest BCUT2D eigenvalue weighted by atomic mass is 32.2. The van der Waals surface area contributed by atoms with Gasteiger partial charge in [0.05, 0.1) is 0 Å². The second kappa shape index (κ2) is 9.08. The fourth-order valence-electron chi connectivity index (χ4n) is 2.60. The average molecular weight is 353 g/mol. The lowest BCUT2D eigenvalue weighted by Gasteiger charge is -2.33. The maximum Gasteiger partial charge on any atom is 0.326 e. The number of aryl methyl sites for hydroxylation is 1. The predicted octanol–water partition coefficient (Wildman–Crippen LogP) is 1.55. The lowest BCUT2D eigenvalue weighted by Crippen LogP contribution is -2.45. The molecule has 1 atom stereocenters. The minimum absolute atomic E-state index is 0.570. The number of nitrogens with one attached hydrogen (secondary N) is 1. The molecule has 0 aliphatic carbocycles. The van der Waals surface area contributed by atoms with Gasteiger partial charge in [-0.25, -0.2) is 14.8 Å². The molecule has 2 rings (SSSR count). The Balaban J connectivity index is 2.07. The molecule has 1 aliphatic rings. The smallest absolute Gasteiger partial charge is 0.326 e. The van der Waals surface area contributed by atoms with E-state index in [2.05, 4.69) is 39.1 Å². The summed E-state index contributed by atoms with van der Waals surface area (Å²) in [4.78, 5) is 24.9. The Morgan fingerprint density at radius 1 is 1.38 bits per heavy atom. The van der Waals surface area contributed by atoms with Gasteiger partial charge in [-0.2, -0.15) is 11.8 Å². The Hall–Kier alpha value is -1.54. The molecule has 2 N–H and O–H groups in total. The van der Waals surface area contributed by atoms with Crippen molar-refractivity contribution in [1.82, 2.24) is 14.9 Å². The van der Waals surface area contributed by atoms with E-state index in [-0.39, 0.29) is 0 Å². The molecule has 1 saturated heterocycles. The van der Waals surface area contributed by atoms with Crippen molar-refractivity contribution in [2.24, 2.45) is 0 Å². The van der Waals surface area contributed by atoms with Crippen LogP contribution in [0.3, 0.4) is 0 Å². The number of likely N-dealkylation sites (N-methyl/N-ethyl adjacent to an activating group) is 1. The Morgan fingerprint density at radius 2 is 2.08 bits per heavy atom. The highest BCUT2D eigenvalue weighted by molar-refractivity contribution is 7.99. The lowest BCUT2D eigenvalue weighted by molar-refractivity contribution is -0.137. The standard InChI is InChI=1S/C16H27N5O2S/c1-4-24-10-5-13(16(22)23)19-14-11-15(18-12(2)17-14)21-8-6-20(3)7-9-21/h11,13H,4-10H2,1-3H3,(H,22,23)(H,17,18,19). The Kier molecular flexibility index (Phi) is 7.11.